The molecule has 2 aromatic heterocycles. The Labute approximate surface area is 109 Å². The van der Waals surface area contributed by atoms with E-state index in [1.807, 2.05) is 0 Å². The van der Waals surface area contributed by atoms with Crippen molar-refractivity contribution in [2.24, 2.45) is 0 Å². The average molecular weight is 351 g/mol. The Bertz CT molecular complexity index is 456. The molecule has 0 aliphatic rings. The Kier molecular flexibility index (Phi) is 3.27. The zero-order valence-electron chi connectivity index (χ0n) is 8.24. The van der Waals surface area contributed by atoms with Crippen molar-refractivity contribution in [2.45, 2.75) is 19.9 Å². The number of aromatic nitrogens is 3. The minimum Gasteiger partial charge on any atom is -0.310 e. The molecule has 0 fully saturated rings. The average Bonchev–Trinajstić information content (AvgIpc) is 2.73. The molecule has 0 atom stereocenters. The Morgan fingerprint density at radius 2 is 2.13 bits per heavy atom. The highest BCUT2D eigenvalue weighted by molar-refractivity contribution is 9.13. The molecule has 0 saturated carbocycles. The molecule has 80 valence electrons. The number of rotatable bonds is 2. The third kappa shape index (κ3) is 2.16. The maximum Gasteiger partial charge on any atom is 0.174 e. The molecule has 2 aromatic rings. The molecule has 0 radical (unpaired) electrons. The highest BCUT2D eigenvalue weighted by atomic mass is 79.9. The van der Waals surface area contributed by atoms with E-state index in [2.05, 4.69) is 66.5 Å². The van der Waals surface area contributed by atoms with Gasteiger partial charge in [-0.2, -0.15) is 0 Å². The van der Waals surface area contributed by atoms with E-state index in [0.29, 0.717) is 6.04 Å². The van der Waals surface area contributed by atoms with Gasteiger partial charge in [-0.05, 0) is 51.8 Å². The van der Waals surface area contributed by atoms with Gasteiger partial charge in [-0.1, -0.05) is 0 Å². The molecule has 0 spiro atoms. The number of thiophene rings is 1. The van der Waals surface area contributed by atoms with Crippen LogP contribution in [0.3, 0.4) is 0 Å². The molecule has 0 aliphatic carbocycles. The molecule has 6 heteroatoms. The van der Waals surface area contributed by atoms with Crippen LogP contribution in [-0.2, 0) is 0 Å². The molecule has 0 N–H and O–H groups in total. The van der Waals surface area contributed by atoms with Gasteiger partial charge in [0.25, 0.3) is 0 Å². The summed E-state index contributed by atoms with van der Waals surface area (Å²) in [5.41, 5.74) is 0. The Hall–Kier alpha value is -0.200. The second kappa shape index (κ2) is 4.35. The van der Waals surface area contributed by atoms with E-state index in [9.17, 15) is 0 Å². The van der Waals surface area contributed by atoms with Crippen molar-refractivity contribution < 1.29 is 0 Å². The van der Waals surface area contributed by atoms with Crippen LogP contribution in [0.1, 0.15) is 19.9 Å². The van der Waals surface area contributed by atoms with Crippen LogP contribution in [-0.4, -0.2) is 14.8 Å². The van der Waals surface area contributed by atoms with Crippen LogP contribution in [0.15, 0.2) is 20.7 Å². The minimum absolute atomic E-state index is 0.370. The van der Waals surface area contributed by atoms with Crippen LogP contribution >= 0.6 is 43.2 Å². The van der Waals surface area contributed by atoms with E-state index < -0.39 is 0 Å². The van der Waals surface area contributed by atoms with Gasteiger partial charge in [0.05, 0.1) is 8.66 Å². The maximum absolute atomic E-state index is 4.14. The van der Waals surface area contributed by atoms with Gasteiger partial charge in [0.15, 0.2) is 5.82 Å². The predicted molar refractivity (Wildman–Crippen MR) is 69.1 cm³/mol. The molecule has 0 unspecified atom stereocenters. The summed E-state index contributed by atoms with van der Waals surface area (Å²) in [5, 5.41) is 8.09. The van der Waals surface area contributed by atoms with Crippen LogP contribution < -0.4 is 0 Å². The number of nitrogens with zero attached hydrogens (tertiary/aromatic N) is 3. The van der Waals surface area contributed by atoms with E-state index in [1.54, 1.807) is 17.7 Å². The van der Waals surface area contributed by atoms with Gasteiger partial charge < -0.3 is 4.57 Å². The predicted octanol–water partition coefficient (Wildman–Crippen LogP) is 4.11. The molecule has 2 heterocycles. The first-order valence-corrected chi connectivity index (χ1v) is 6.84. The summed E-state index contributed by atoms with van der Waals surface area (Å²) in [6.07, 6.45) is 1.77. The van der Waals surface area contributed by atoms with E-state index in [-0.39, 0.29) is 0 Å². The molecular weight excluding hydrogens is 342 g/mol. The number of hydrogen-bond donors (Lipinski definition) is 0. The zero-order chi connectivity index (χ0) is 11.0. The van der Waals surface area contributed by atoms with Crippen LogP contribution in [0.5, 0.6) is 0 Å². The van der Waals surface area contributed by atoms with E-state index in [4.69, 9.17) is 0 Å². The van der Waals surface area contributed by atoms with Crippen LogP contribution in [0.2, 0.25) is 0 Å². The van der Waals surface area contributed by atoms with Gasteiger partial charge in [0, 0.05) is 10.5 Å². The number of hydrogen-bond acceptors (Lipinski definition) is 3. The highest BCUT2D eigenvalue weighted by Crippen LogP contribution is 2.37. The topological polar surface area (TPSA) is 30.7 Å². The Morgan fingerprint density at radius 3 is 2.67 bits per heavy atom. The van der Waals surface area contributed by atoms with Crippen LogP contribution in [0.25, 0.3) is 10.7 Å². The third-order valence-corrected chi connectivity index (χ3v) is 5.25. The normalized spacial score (nSPS) is 11.3. The van der Waals surface area contributed by atoms with E-state index >= 15 is 0 Å². The highest BCUT2D eigenvalue weighted by Gasteiger charge is 2.13. The third-order valence-electron chi connectivity index (χ3n) is 1.99. The number of halogens is 2. The lowest BCUT2D eigenvalue weighted by Crippen LogP contribution is -2.00. The molecule has 2 rings (SSSR count). The summed E-state index contributed by atoms with van der Waals surface area (Å²) in [7, 11) is 0. The lowest BCUT2D eigenvalue weighted by molar-refractivity contribution is 0.604. The first-order chi connectivity index (χ1) is 7.09. The maximum atomic E-state index is 4.14. The lowest BCUT2D eigenvalue weighted by Gasteiger charge is -2.07. The van der Waals surface area contributed by atoms with E-state index in [0.717, 1.165) is 19.0 Å². The van der Waals surface area contributed by atoms with Crippen LogP contribution in [0, 0.1) is 0 Å². The first kappa shape index (κ1) is 11.3. The first-order valence-electron chi connectivity index (χ1n) is 4.44. The molecule has 0 aromatic carbocycles. The summed E-state index contributed by atoms with van der Waals surface area (Å²) in [4.78, 5) is 1.11. The molecule has 0 bridgehead atoms. The largest absolute Gasteiger partial charge is 0.310 e. The zero-order valence-corrected chi connectivity index (χ0v) is 12.2. The quantitative estimate of drug-likeness (QED) is 0.815. The Balaban J connectivity index is 2.49. The fourth-order valence-electron chi connectivity index (χ4n) is 1.25. The summed E-state index contributed by atoms with van der Waals surface area (Å²) >= 11 is 8.60. The van der Waals surface area contributed by atoms with Crippen molar-refractivity contribution in [1.82, 2.24) is 14.8 Å². The fraction of sp³-hybridized carbons (Fsp3) is 0.333. The van der Waals surface area contributed by atoms with Crippen molar-refractivity contribution in [3.63, 3.8) is 0 Å². The standard InChI is InChI=1S/C9H9Br2N3S/c1-5(2)14-4-12-13-9(14)7-3-6(10)8(11)15-7/h3-5H,1-2H3. The van der Waals surface area contributed by atoms with Crippen molar-refractivity contribution in [2.75, 3.05) is 0 Å². The van der Waals surface area contributed by atoms with Crippen molar-refractivity contribution in [3.05, 3.63) is 20.7 Å². The van der Waals surface area contributed by atoms with Gasteiger partial charge in [-0.3, -0.25) is 0 Å². The summed E-state index contributed by atoms with van der Waals surface area (Å²) in [6.45, 7) is 4.23. The summed E-state index contributed by atoms with van der Waals surface area (Å²) in [5.74, 6) is 0.918. The SMILES string of the molecule is CC(C)n1cnnc1-c1cc(Br)c(Br)s1. The Morgan fingerprint density at radius 1 is 1.40 bits per heavy atom. The van der Waals surface area contributed by atoms with Gasteiger partial charge in [0.2, 0.25) is 0 Å². The van der Waals surface area contributed by atoms with Gasteiger partial charge >= 0.3 is 0 Å². The monoisotopic (exact) mass is 349 g/mol. The molecular formula is C9H9Br2N3S. The molecule has 15 heavy (non-hydrogen) atoms. The second-order valence-corrected chi connectivity index (χ2v) is 6.61. The minimum atomic E-state index is 0.370. The van der Waals surface area contributed by atoms with Crippen molar-refractivity contribution in [3.8, 4) is 10.7 Å². The van der Waals surface area contributed by atoms with Gasteiger partial charge in [0.1, 0.15) is 6.33 Å². The van der Waals surface area contributed by atoms with Crippen molar-refractivity contribution >= 4 is 43.2 Å². The van der Waals surface area contributed by atoms with E-state index in [1.165, 1.54) is 0 Å². The molecule has 0 aliphatic heterocycles. The summed E-state index contributed by atoms with van der Waals surface area (Å²) in [6, 6.07) is 2.42. The summed E-state index contributed by atoms with van der Waals surface area (Å²) < 4.78 is 4.20. The lowest BCUT2D eigenvalue weighted by atomic mass is 10.3. The van der Waals surface area contributed by atoms with Gasteiger partial charge in [-0.15, -0.1) is 21.5 Å². The fourth-order valence-corrected chi connectivity index (χ4v) is 3.28. The van der Waals surface area contributed by atoms with Gasteiger partial charge in [-0.25, -0.2) is 0 Å². The van der Waals surface area contributed by atoms with Crippen LogP contribution in [0.4, 0.5) is 0 Å². The molecule has 3 nitrogen and oxygen atoms in total. The molecule has 0 saturated heterocycles. The van der Waals surface area contributed by atoms with Crippen molar-refractivity contribution in [1.29, 1.82) is 0 Å². The smallest absolute Gasteiger partial charge is 0.174 e. The molecule has 0 amide bonds. The second-order valence-electron chi connectivity index (χ2n) is 3.39.